The van der Waals surface area contributed by atoms with Gasteiger partial charge >= 0.3 is 5.97 Å². The molecule has 1 aliphatic rings. The highest BCUT2D eigenvalue weighted by atomic mass is 35.5. The number of anilines is 1. The number of carbonyl (C=O) groups excluding carboxylic acids is 2. The Morgan fingerprint density at radius 3 is 2.38 bits per heavy atom. The first-order chi connectivity index (χ1) is 19.4. The highest BCUT2D eigenvalue weighted by Gasteiger charge is 2.39. The number of nitrogens with one attached hydrogen (secondary N) is 2. The van der Waals surface area contributed by atoms with Crippen molar-refractivity contribution in [3.63, 3.8) is 0 Å². The lowest BCUT2D eigenvalue weighted by Crippen LogP contribution is -2.34. The van der Waals surface area contributed by atoms with E-state index >= 15 is 0 Å². The maximum Gasteiger partial charge on any atom is 0.337 e. The molecule has 0 spiro atoms. The molecule has 1 unspecified atom stereocenters. The van der Waals surface area contributed by atoms with Crippen molar-refractivity contribution in [2.75, 3.05) is 11.9 Å². The van der Waals surface area contributed by atoms with Crippen molar-refractivity contribution >= 4 is 35.0 Å². The van der Waals surface area contributed by atoms with E-state index < -0.39 is 17.8 Å². The Morgan fingerprint density at radius 2 is 1.73 bits per heavy atom. The van der Waals surface area contributed by atoms with Gasteiger partial charge in [-0.05, 0) is 62.2 Å². The van der Waals surface area contributed by atoms with E-state index in [0.29, 0.717) is 38.9 Å². The fourth-order valence-electron chi connectivity index (χ4n) is 4.87. The molecule has 1 amide bonds. The van der Waals surface area contributed by atoms with Crippen molar-refractivity contribution < 1.29 is 14.3 Å². The number of amides is 1. The number of aryl methyl sites for hydroxylation is 1. The zero-order valence-electron chi connectivity index (χ0n) is 22.3. The van der Waals surface area contributed by atoms with E-state index in [1.165, 1.54) is 0 Å². The molecule has 1 atom stereocenters. The molecular formula is C31H28ClN5O3. The molecule has 0 saturated heterocycles. The van der Waals surface area contributed by atoms with E-state index in [4.69, 9.17) is 16.3 Å². The number of nitrogens with zero attached hydrogens (tertiary/aromatic N) is 3. The summed E-state index contributed by atoms with van der Waals surface area (Å²) in [4.78, 5) is 36.0. The number of pyridine rings is 1. The Hall–Kier alpha value is -4.69. The van der Waals surface area contributed by atoms with Crippen LogP contribution in [0.1, 0.15) is 36.7 Å². The Balaban J connectivity index is 1.67. The summed E-state index contributed by atoms with van der Waals surface area (Å²) in [5.74, 6) is -0.497. The molecule has 1 aliphatic heterocycles. The highest BCUT2D eigenvalue weighted by molar-refractivity contribution is 6.31. The number of aromatic nitrogens is 3. The van der Waals surface area contributed by atoms with Gasteiger partial charge in [0.15, 0.2) is 0 Å². The quantitative estimate of drug-likeness (QED) is 0.281. The lowest BCUT2D eigenvalue weighted by atomic mass is 9.78. The van der Waals surface area contributed by atoms with Crippen LogP contribution in [-0.2, 0) is 14.3 Å². The molecule has 40 heavy (non-hydrogen) atoms. The first-order valence-corrected chi connectivity index (χ1v) is 13.2. The van der Waals surface area contributed by atoms with Gasteiger partial charge in [-0.2, -0.15) is 0 Å². The van der Waals surface area contributed by atoms with Gasteiger partial charge in [0.1, 0.15) is 11.6 Å². The number of halogens is 1. The minimum absolute atomic E-state index is 0.169. The molecule has 202 valence electrons. The van der Waals surface area contributed by atoms with Crippen molar-refractivity contribution in [3.05, 3.63) is 124 Å². The molecule has 5 rings (SSSR count). The zero-order valence-corrected chi connectivity index (χ0v) is 23.1. The number of rotatable bonds is 7. The van der Waals surface area contributed by atoms with Crippen molar-refractivity contribution in [1.29, 1.82) is 0 Å². The van der Waals surface area contributed by atoms with Crippen LogP contribution in [0.4, 0.5) is 5.82 Å². The maximum absolute atomic E-state index is 13.8. The second-order valence-corrected chi connectivity index (χ2v) is 9.59. The first-order valence-electron chi connectivity index (χ1n) is 12.9. The number of allylic oxidation sites excluding steroid dienone is 1. The normalized spacial score (nSPS) is 15.1. The number of dihydropyridines is 1. The maximum atomic E-state index is 13.8. The Morgan fingerprint density at radius 1 is 0.975 bits per heavy atom. The van der Waals surface area contributed by atoms with Crippen LogP contribution in [0.25, 0.3) is 11.4 Å². The van der Waals surface area contributed by atoms with Gasteiger partial charge in [-0.15, -0.1) is 0 Å². The van der Waals surface area contributed by atoms with Crippen LogP contribution in [0, 0.1) is 6.92 Å². The predicted octanol–water partition coefficient (Wildman–Crippen LogP) is 5.80. The topological polar surface area (TPSA) is 98.1 Å². The lowest BCUT2D eigenvalue weighted by Gasteiger charge is -2.32. The highest BCUT2D eigenvalue weighted by Crippen LogP contribution is 2.44. The number of benzene rings is 2. The van der Waals surface area contributed by atoms with E-state index in [1.54, 1.807) is 43.6 Å². The molecule has 0 bridgehead atoms. The second-order valence-electron chi connectivity index (χ2n) is 9.19. The predicted molar refractivity (Wildman–Crippen MR) is 155 cm³/mol. The number of esters is 1. The third-order valence-corrected chi connectivity index (χ3v) is 7.03. The zero-order chi connectivity index (χ0) is 28.2. The van der Waals surface area contributed by atoms with E-state index in [0.717, 1.165) is 17.1 Å². The summed E-state index contributed by atoms with van der Waals surface area (Å²) in [7, 11) is 0. The van der Waals surface area contributed by atoms with Crippen LogP contribution in [0.15, 0.2) is 102 Å². The summed E-state index contributed by atoms with van der Waals surface area (Å²) in [5, 5.41) is 6.63. The fraction of sp³-hybridized carbons (Fsp3) is 0.161. The summed E-state index contributed by atoms with van der Waals surface area (Å²) in [5.41, 5.74) is 4.06. The summed E-state index contributed by atoms with van der Waals surface area (Å²) in [6, 6.07) is 20.2. The summed E-state index contributed by atoms with van der Waals surface area (Å²) in [6.45, 7) is 5.65. The summed E-state index contributed by atoms with van der Waals surface area (Å²) < 4.78 is 7.51. The van der Waals surface area contributed by atoms with Gasteiger partial charge in [-0.3, -0.25) is 4.79 Å². The van der Waals surface area contributed by atoms with Gasteiger partial charge in [-0.25, -0.2) is 14.8 Å². The van der Waals surface area contributed by atoms with Gasteiger partial charge < -0.3 is 19.9 Å². The number of carbonyl (C=O) groups is 2. The summed E-state index contributed by atoms with van der Waals surface area (Å²) >= 11 is 6.70. The average molecular weight is 554 g/mol. The molecule has 2 aromatic carbocycles. The minimum Gasteiger partial charge on any atom is -0.463 e. The smallest absolute Gasteiger partial charge is 0.337 e. The Kier molecular flexibility index (Phi) is 7.79. The van der Waals surface area contributed by atoms with E-state index in [9.17, 15) is 9.59 Å². The number of hydrogen-bond donors (Lipinski definition) is 2. The van der Waals surface area contributed by atoms with E-state index in [-0.39, 0.29) is 6.61 Å². The largest absolute Gasteiger partial charge is 0.463 e. The van der Waals surface area contributed by atoms with Crippen molar-refractivity contribution in [3.8, 4) is 5.69 Å². The third-order valence-electron chi connectivity index (χ3n) is 6.69. The van der Waals surface area contributed by atoms with Gasteiger partial charge in [-0.1, -0.05) is 48.0 Å². The van der Waals surface area contributed by atoms with Crippen LogP contribution in [0.3, 0.4) is 0 Å². The third kappa shape index (κ3) is 5.26. The van der Waals surface area contributed by atoms with Crippen molar-refractivity contribution in [1.82, 2.24) is 19.9 Å². The molecule has 9 heteroatoms. The SMILES string of the molecule is CCOC(=O)C1=C(c2ccc(-n3ccnc3C)cc2)NC(C)=C(C(=O)Nc2ccccn2)C1c1ccccc1Cl. The molecule has 2 N–H and O–H groups in total. The molecule has 4 aromatic rings. The van der Waals surface area contributed by atoms with Crippen LogP contribution in [0.2, 0.25) is 5.02 Å². The lowest BCUT2D eigenvalue weighted by molar-refractivity contribution is -0.138. The summed E-state index contributed by atoms with van der Waals surface area (Å²) in [6.07, 6.45) is 5.23. The number of imidazole rings is 1. The van der Waals surface area contributed by atoms with Crippen LogP contribution >= 0.6 is 11.6 Å². The van der Waals surface area contributed by atoms with Gasteiger partial charge in [0.25, 0.3) is 5.91 Å². The fourth-order valence-corrected chi connectivity index (χ4v) is 5.11. The molecule has 0 saturated carbocycles. The second kappa shape index (κ2) is 11.6. The monoisotopic (exact) mass is 553 g/mol. The van der Waals surface area contributed by atoms with Gasteiger partial charge in [0.05, 0.1) is 23.8 Å². The molecule has 2 aromatic heterocycles. The van der Waals surface area contributed by atoms with Gasteiger partial charge in [0.2, 0.25) is 0 Å². The molecular weight excluding hydrogens is 526 g/mol. The van der Waals surface area contributed by atoms with E-state index in [1.807, 2.05) is 67.1 Å². The minimum atomic E-state index is -0.803. The van der Waals surface area contributed by atoms with E-state index in [2.05, 4.69) is 20.6 Å². The van der Waals surface area contributed by atoms with Crippen LogP contribution in [-0.4, -0.2) is 33.0 Å². The van der Waals surface area contributed by atoms with Crippen LogP contribution in [0.5, 0.6) is 0 Å². The van der Waals surface area contributed by atoms with Crippen LogP contribution < -0.4 is 10.6 Å². The number of ether oxygens (including phenoxy) is 1. The van der Waals surface area contributed by atoms with Gasteiger partial charge in [0, 0.05) is 40.6 Å². The van der Waals surface area contributed by atoms with Crippen molar-refractivity contribution in [2.24, 2.45) is 0 Å². The molecule has 8 nitrogen and oxygen atoms in total. The van der Waals surface area contributed by atoms with Crippen molar-refractivity contribution in [2.45, 2.75) is 26.7 Å². The molecule has 0 radical (unpaired) electrons. The first kappa shape index (κ1) is 26.9. The Labute approximate surface area is 237 Å². The standard InChI is InChI=1S/C31H28ClN5O3/c1-4-40-31(39)28-27(23-9-5-6-10-24(23)32)26(30(38)36-25-11-7-8-16-34-25)19(2)35-29(28)21-12-14-22(15-13-21)37-18-17-33-20(37)3/h5-18,27,35H,4H2,1-3H3,(H,34,36,38). The molecule has 3 heterocycles. The Bertz CT molecular complexity index is 1620. The average Bonchev–Trinajstić information content (AvgIpc) is 3.39. The molecule has 0 fully saturated rings. The number of hydrogen-bond acceptors (Lipinski definition) is 6. The molecule has 0 aliphatic carbocycles.